The van der Waals surface area contributed by atoms with Gasteiger partial charge in [-0.3, -0.25) is 0 Å². The second kappa shape index (κ2) is 9.39. The van der Waals surface area contributed by atoms with Crippen molar-refractivity contribution < 1.29 is 9.15 Å². The van der Waals surface area contributed by atoms with Crippen LogP contribution in [-0.4, -0.2) is 0 Å². The van der Waals surface area contributed by atoms with Gasteiger partial charge in [0.25, 0.3) is 0 Å². The first-order valence-electron chi connectivity index (χ1n) is 13.9. The van der Waals surface area contributed by atoms with Gasteiger partial charge < -0.3 is 9.15 Å². The molecule has 2 heteroatoms. The second-order valence-electron chi connectivity index (χ2n) is 10.5. The lowest BCUT2D eigenvalue weighted by atomic mass is 9.86. The Morgan fingerprint density at radius 1 is 0.537 bits per heavy atom. The van der Waals surface area contributed by atoms with Crippen LogP contribution in [0.25, 0.3) is 66.4 Å². The highest BCUT2D eigenvalue weighted by Gasteiger charge is 2.20. The van der Waals surface area contributed by atoms with Crippen LogP contribution in [0, 0.1) is 0 Å². The van der Waals surface area contributed by atoms with Crippen molar-refractivity contribution in [2.75, 3.05) is 0 Å². The lowest BCUT2D eigenvalue weighted by Crippen LogP contribution is -1.97. The number of hydrogen-bond donors (Lipinski definition) is 0. The van der Waals surface area contributed by atoms with Crippen LogP contribution in [0.2, 0.25) is 0 Å². The maximum Gasteiger partial charge on any atom is 0.135 e. The van der Waals surface area contributed by atoms with E-state index in [0.29, 0.717) is 6.61 Å². The molecule has 194 valence electrons. The third-order valence-corrected chi connectivity index (χ3v) is 8.15. The summed E-state index contributed by atoms with van der Waals surface area (Å²) in [6.45, 7) is 4.68. The second-order valence-corrected chi connectivity index (χ2v) is 10.5. The summed E-state index contributed by atoms with van der Waals surface area (Å²) in [5.41, 5.74) is 8.61. The number of para-hydroxylation sites is 1. The molecule has 0 saturated heterocycles. The molecular weight excluding hydrogens is 500 g/mol. The van der Waals surface area contributed by atoms with Gasteiger partial charge in [0.15, 0.2) is 0 Å². The zero-order valence-electron chi connectivity index (χ0n) is 22.4. The van der Waals surface area contributed by atoms with E-state index in [4.69, 9.17) is 9.15 Å². The topological polar surface area (TPSA) is 22.4 Å². The monoisotopic (exact) mass is 526 g/mol. The van der Waals surface area contributed by atoms with Crippen LogP contribution < -0.4 is 4.74 Å². The number of allylic oxidation sites excluding steroid dienone is 2. The van der Waals surface area contributed by atoms with Gasteiger partial charge in [-0.15, -0.1) is 0 Å². The Morgan fingerprint density at radius 2 is 1.15 bits per heavy atom. The van der Waals surface area contributed by atoms with Gasteiger partial charge in [0, 0.05) is 16.5 Å². The van der Waals surface area contributed by atoms with Gasteiger partial charge in [-0.1, -0.05) is 122 Å². The van der Waals surface area contributed by atoms with Crippen LogP contribution in [0.15, 0.2) is 138 Å². The van der Waals surface area contributed by atoms with Crippen molar-refractivity contribution in [1.82, 2.24) is 0 Å². The number of benzene rings is 6. The van der Waals surface area contributed by atoms with Gasteiger partial charge in [-0.05, 0) is 67.6 Å². The van der Waals surface area contributed by atoms with E-state index in [1.165, 1.54) is 38.2 Å². The molecular formula is C39H26O2. The number of rotatable bonds is 2. The van der Waals surface area contributed by atoms with Crippen molar-refractivity contribution in [3.8, 4) is 28.0 Å². The average molecular weight is 527 g/mol. The first-order valence-corrected chi connectivity index (χ1v) is 13.9. The van der Waals surface area contributed by atoms with Gasteiger partial charge in [0.05, 0.1) is 0 Å². The highest BCUT2D eigenvalue weighted by molar-refractivity contribution is 6.21. The predicted molar refractivity (Wildman–Crippen MR) is 171 cm³/mol. The number of ether oxygens (including phenoxy) is 1. The van der Waals surface area contributed by atoms with E-state index < -0.39 is 0 Å². The first-order chi connectivity index (χ1) is 20.3. The highest BCUT2D eigenvalue weighted by atomic mass is 16.5. The SMILES string of the molecule is C=C1/C=C\c2oc3cc(-c4c5ccccc5c(-c5ccccc5)c5ccccc45)ccc3c2COc2ccccc21. The Kier molecular flexibility index (Phi) is 5.39. The molecule has 0 aliphatic carbocycles. The zero-order valence-corrected chi connectivity index (χ0v) is 22.4. The Balaban J connectivity index is 1.34. The quantitative estimate of drug-likeness (QED) is 0.209. The minimum Gasteiger partial charge on any atom is -0.488 e. The van der Waals surface area contributed by atoms with Crippen LogP contribution in [0.5, 0.6) is 5.75 Å². The van der Waals surface area contributed by atoms with Crippen molar-refractivity contribution in [2.45, 2.75) is 6.61 Å². The molecule has 0 radical (unpaired) electrons. The van der Waals surface area contributed by atoms with Gasteiger partial charge in [-0.25, -0.2) is 0 Å². The fourth-order valence-electron chi connectivity index (χ4n) is 6.24. The number of hydrogen-bond acceptors (Lipinski definition) is 2. The highest BCUT2D eigenvalue weighted by Crippen LogP contribution is 2.44. The van der Waals surface area contributed by atoms with E-state index in [2.05, 4.69) is 104 Å². The molecule has 0 saturated carbocycles. The molecule has 0 spiro atoms. The Hall–Kier alpha value is -5.34. The van der Waals surface area contributed by atoms with E-state index in [9.17, 15) is 0 Å². The summed E-state index contributed by atoms with van der Waals surface area (Å²) in [6, 6.07) is 42.8. The van der Waals surface area contributed by atoms with Crippen LogP contribution in [0.1, 0.15) is 16.9 Å². The van der Waals surface area contributed by atoms with Gasteiger partial charge in [-0.2, -0.15) is 0 Å². The molecule has 0 fully saturated rings. The van der Waals surface area contributed by atoms with Gasteiger partial charge >= 0.3 is 0 Å². The largest absolute Gasteiger partial charge is 0.488 e. The minimum atomic E-state index is 0.425. The average Bonchev–Trinajstić information content (AvgIpc) is 3.40. The van der Waals surface area contributed by atoms with E-state index in [-0.39, 0.29) is 0 Å². The molecule has 41 heavy (non-hydrogen) atoms. The summed E-state index contributed by atoms with van der Waals surface area (Å²) in [5.74, 6) is 1.64. The summed E-state index contributed by atoms with van der Waals surface area (Å²) in [7, 11) is 0. The van der Waals surface area contributed by atoms with E-state index >= 15 is 0 Å². The predicted octanol–water partition coefficient (Wildman–Crippen LogP) is 10.7. The van der Waals surface area contributed by atoms with Crippen molar-refractivity contribution >= 4 is 44.2 Å². The Labute approximate surface area is 238 Å². The normalized spacial score (nSPS) is 13.7. The van der Waals surface area contributed by atoms with Crippen LogP contribution in [0.3, 0.4) is 0 Å². The molecule has 1 aliphatic heterocycles. The zero-order chi connectivity index (χ0) is 27.3. The molecule has 0 N–H and O–H groups in total. The van der Waals surface area contributed by atoms with Crippen molar-refractivity contribution in [3.05, 3.63) is 151 Å². The number of fused-ring (bicyclic) bond motifs is 6. The van der Waals surface area contributed by atoms with Gasteiger partial charge in [0.2, 0.25) is 0 Å². The van der Waals surface area contributed by atoms with Crippen molar-refractivity contribution in [3.63, 3.8) is 0 Å². The van der Waals surface area contributed by atoms with Gasteiger partial charge in [0.1, 0.15) is 23.7 Å². The summed E-state index contributed by atoms with van der Waals surface area (Å²) < 4.78 is 12.8. The Bertz CT molecular complexity index is 2110. The molecule has 6 aromatic carbocycles. The third kappa shape index (κ3) is 3.80. The van der Waals surface area contributed by atoms with Crippen molar-refractivity contribution in [1.29, 1.82) is 0 Å². The molecule has 0 bridgehead atoms. The van der Waals surface area contributed by atoms with Crippen LogP contribution >= 0.6 is 0 Å². The molecule has 7 aromatic rings. The standard InChI is InChI=1S/C39H26O2/c1-25-19-22-36-34(24-40-35-18-10-9-13-28(25)35)29-21-20-27(23-37(29)41-36)39-32-16-7-5-14-30(32)38(26-11-3-2-4-12-26)31-15-6-8-17-33(31)39/h2-23H,1,24H2/b22-19-. The number of furan rings is 1. The molecule has 0 unspecified atom stereocenters. The summed E-state index contributed by atoms with van der Waals surface area (Å²) in [6.07, 6.45) is 4.03. The summed E-state index contributed by atoms with van der Waals surface area (Å²) in [5, 5.41) is 5.99. The van der Waals surface area contributed by atoms with E-state index in [1.807, 2.05) is 36.4 Å². The lowest BCUT2D eigenvalue weighted by Gasteiger charge is -2.17. The molecule has 2 heterocycles. The maximum absolute atomic E-state index is 6.50. The molecule has 8 rings (SSSR count). The molecule has 0 atom stereocenters. The Morgan fingerprint density at radius 3 is 1.85 bits per heavy atom. The first kappa shape index (κ1) is 23.5. The fraction of sp³-hybridized carbons (Fsp3) is 0.0256. The lowest BCUT2D eigenvalue weighted by molar-refractivity contribution is 0.305. The summed E-state index contributed by atoms with van der Waals surface area (Å²) in [4.78, 5) is 0. The maximum atomic E-state index is 6.50. The van der Waals surface area contributed by atoms with Crippen LogP contribution in [0.4, 0.5) is 0 Å². The minimum absolute atomic E-state index is 0.425. The smallest absolute Gasteiger partial charge is 0.135 e. The third-order valence-electron chi connectivity index (χ3n) is 8.15. The van der Waals surface area contributed by atoms with Crippen molar-refractivity contribution in [2.24, 2.45) is 0 Å². The molecule has 2 nitrogen and oxygen atoms in total. The molecule has 1 aromatic heterocycles. The summed E-state index contributed by atoms with van der Waals surface area (Å²) >= 11 is 0. The molecule has 0 amide bonds. The van der Waals surface area contributed by atoms with Crippen LogP contribution in [-0.2, 0) is 6.61 Å². The fourth-order valence-corrected chi connectivity index (χ4v) is 6.24. The van der Waals surface area contributed by atoms with E-state index in [1.54, 1.807) is 0 Å². The molecule has 1 aliphatic rings. The van der Waals surface area contributed by atoms with E-state index in [0.717, 1.165) is 44.7 Å².